The summed E-state index contributed by atoms with van der Waals surface area (Å²) < 4.78 is 0. The number of piperidine rings is 1. The molecule has 0 aromatic carbocycles. The summed E-state index contributed by atoms with van der Waals surface area (Å²) in [6.07, 6.45) is 2.08. The van der Waals surface area contributed by atoms with Crippen molar-refractivity contribution in [2.24, 2.45) is 11.3 Å². The van der Waals surface area contributed by atoms with Gasteiger partial charge in [0.15, 0.2) is 0 Å². The van der Waals surface area contributed by atoms with Crippen molar-refractivity contribution in [3.8, 4) is 0 Å². The monoisotopic (exact) mass is 281 g/mol. The number of carbonyl (C=O) groups is 2. The minimum Gasteiger partial charge on any atom is -0.339 e. The maximum Gasteiger partial charge on any atom is 0.228 e. The second kappa shape index (κ2) is 6.12. The number of hydrogen-bond acceptors (Lipinski definition) is 3. The minimum absolute atomic E-state index is 0.133. The number of nitrogens with one attached hydrogen (secondary N) is 1. The summed E-state index contributed by atoms with van der Waals surface area (Å²) in [5, 5.41) is 3.29. The zero-order chi connectivity index (χ0) is 14.8. The van der Waals surface area contributed by atoms with E-state index in [1.165, 1.54) is 0 Å². The molecule has 0 aromatic heterocycles. The molecule has 2 fully saturated rings. The number of amides is 2. The SMILES string of the molecule is CC(C)(C)C(=O)N1CCN(C(=O)C2CCCNC2)CC1. The Bertz CT molecular complexity index is 362. The largest absolute Gasteiger partial charge is 0.339 e. The van der Waals surface area contributed by atoms with Gasteiger partial charge in [0.2, 0.25) is 11.8 Å². The van der Waals surface area contributed by atoms with Crippen molar-refractivity contribution in [3.05, 3.63) is 0 Å². The Balaban J connectivity index is 1.84. The molecule has 2 aliphatic rings. The van der Waals surface area contributed by atoms with Crippen LogP contribution in [0.5, 0.6) is 0 Å². The highest BCUT2D eigenvalue weighted by Crippen LogP contribution is 2.20. The van der Waals surface area contributed by atoms with E-state index in [9.17, 15) is 9.59 Å². The van der Waals surface area contributed by atoms with Crippen LogP contribution >= 0.6 is 0 Å². The fourth-order valence-corrected chi connectivity index (χ4v) is 2.93. The van der Waals surface area contributed by atoms with E-state index in [2.05, 4.69) is 5.32 Å². The average Bonchev–Trinajstić information content (AvgIpc) is 2.46. The van der Waals surface area contributed by atoms with Gasteiger partial charge in [0.25, 0.3) is 0 Å². The van der Waals surface area contributed by atoms with Crippen LogP contribution in [0.4, 0.5) is 0 Å². The van der Waals surface area contributed by atoms with Gasteiger partial charge in [-0.05, 0) is 19.4 Å². The van der Waals surface area contributed by atoms with E-state index in [0.29, 0.717) is 26.2 Å². The topological polar surface area (TPSA) is 52.7 Å². The Kier molecular flexibility index (Phi) is 4.68. The van der Waals surface area contributed by atoms with Crippen LogP contribution in [-0.4, -0.2) is 60.9 Å². The Morgan fingerprint density at radius 3 is 2.15 bits per heavy atom. The molecule has 2 aliphatic heterocycles. The third kappa shape index (κ3) is 3.51. The predicted molar refractivity (Wildman–Crippen MR) is 78.2 cm³/mol. The maximum absolute atomic E-state index is 12.4. The fourth-order valence-electron chi connectivity index (χ4n) is 2.93. The Hall–Kier alpha value is -1.10. The van der Waals surface area contributed by atoms with Crippen LogP contribution in [0.3, 0.4) is 0 Å². The fraction of sp³-hybridized carbons (Fsp3) is 0.867. The molecule has 0 radical (unpaired) electrons. The van der Waals surface area contributed by atoms with Gasteiger partial charge in [-0.1, -0.05) is 20.8 Å². The lowest BCUT2D eigenvalue weighted by Gasteiger charge is -2.39. The lowest BCUT2D eigenvalue weighted by atomic mass is 9.94. The summed E-state index contributed by atoms with van der Waals surface area (Å²) in [4.78, 5) is 28.4. The lowest BCUT2D eigenvalue weighted by molar-refractivity contribution is -0.146. The molecule has 2 heterocycles. The van der Waals surface area contributed by atoms with Crippen LogP contribution in [0.15, 0.2) is 0 Å². The molecular formula is C15H27N3O2. The average molecular weight is 281 g/mol. The summed E-state index contributed by atoms with van der Waals surface area (Å²) in [7, 11) is 0. The van der Waals surface area contributed by atoms with Crippen LogP contribution in [0.2, 0.25) is 0 Å². The molecule has 1 N–H and O–H groups in total. The number of piperazine rings is 1. The molecule has 0 spiro atoms. The highest BCUT2D eigenvalue weighted by molar-refractivity contribution is 5.82. The summed E-state index contributed by atoms with van der Waals surface area (Å²) in [5.41, 5.74) is -0.334. The van der Waals surface area contributed by atoms with Crippen molar-refractivity contribution < 1.29 is 9.59 Å². The van der Waals surface area contributed by atoms with Crippen LogP contribution in [-0.2, 0) is 9.59 Å². The van der Waals surface area contributed by atoms with Gasteiger partial charge in [-0.15, -0.1) is 0 Å². The lowest BCUT2D eigenvalue weighted by Crippen LogP contribution is -2.55. The van der Waals surface area contributed by atoms with E-state index in [1.807, 2.05) is 30.6 Å². The van der Waals surface area contributed by atoms with Crippen molar-refractivity contribution in [1.29, 1.82) is 0 Å². The normalized spacial score (nSPS) is 24.6. The molecule has 1 atom stereocenters. The molecule has 2 rings (SSSR count). The predicted octanol–water partition coefficient (Wildman–Crippen LogP) is 0.703. The van der Waals surface area contributed by atoms with Gasteiger partial charge in [0.05, 0.1) is 5.92 Å². The summed E-state index contributed by atoms with van der Waals surface area (Å²) in [5.74, 6) is 0.581. The van der Waals surface area contributed by atoms with E-state index >= 15 is 0 Å². The third-order valence-corrected chi connectivity index (χ3v) is 4.17. The first-order chi connectivity index (χ1) is 9.39. The molecule has 5 nitrogen and oxygen atoms in total. The molecule has 0 aliphatic carbocycles. The van der Waals surface area contributed by atoms with E-state index in [-0.39, 0.29) is 23.1 Å². The molecule has 2 saturated heterocycles. The first-order valence-electron chi connectivity index (χ1n) is 7.68. The van der Waals surface area contributed by atoms with Crippen molar-refractivity contribution >= 4 is 11.8 Å². The zero-order valence-corrected chi connectivity index (χ0v) is 12.9. The molecule has 2 amide bonds. The molecule has 0 bridgehead atoms. The summed E-state index contributed by atoms with van der Waals surface area (Å²) >= 11 is 0. The highest BCUT2D eigenvalue weighted by atomic mass is 16.2. The van der Waals surface area contributed by atoms with Gasteiger partial charge in [-0.25, -0.2) is 0 Å². The second-order valence-corrected chi connectivity index (χ2v) is 6.91. The molecule has 114 valence electrons. The Morgan fingerprint density at radius 1 is 1.05 bits per heavy atom. The van der Waals surface area contributed by atoms with Crippen LogP contribution < -0.4 is 5.32 Å². The first kappa shape index (κ1) is 15.3. The zero-order valence-electron chi connectivity index (χ0n) is 12.9. The van der Waals surface area contributed by atoms with Gasteiger partial charge in [-0.2, -0.15) is 0 Å². The molecule has 0 aromatic rings. The number of carbonyl (C=O) groups excluding carboxylic acids is 2. The molecule has 1 unspecified atom stereocenters. The first-order valence-corrected chi connectivity index (χ1v) is 7.68. The Labute approximate surface area is 121 Å². The molecule has 5 heteroatoms. The van der Waals surface area contributed by atoms with E-state index in [1.54, 1.807) is 0 Å². The van der Waals surface area contributed by atoms with Gasteiger partial charge in [0, 0.05) is 38.1 Å². The van der Waals surface area contributed by atoms with Crippen molar-refractivity contribution in [1.82, 2.24) is 15.1 Å². The maximum atomic E-state index is 12.4. The van der Waals surface area contributed by atoms with Crippen molar-refractivity contribution in [2.45, 2.75) is 33.6 Å². The standard InChI is InChI=1S/C15H27N3O2/c1-15(2,3)14(20)18-9-7-17(8-10-18)13(19)12-5-4-6-16-11-12/h12,16H,4-11H2,1-3H3. The van der Waals surface area contributed by atoms with E-state index in [0.717, 1.165) is 25.9 Å². The highest BCUT2D eigenvalue weighted by Gasteiger charge is 2.32. The number of rotatable bonds is 1. The van der Waals surface area contributed by atoms with Gasteiger partial charge >= 0.3 is 0 Å². The van der Waals surface area contributed by atoms with Gasteiger partial charge in [0.1, 0.15) is 0 Å². The number of hydrogen-bond donors (Lipinski definition) is 1. The van der Waals surface area contributed by atoms with Crippen LogP contribution in [0, 0.1) is 11.3 Å². The van der Waals surface area contributed by atoms with Crippen LogP contribution in [0.1, 0.15) is 33.6 Å². The molecule has 0 saturated carbocycles. The second-order valence-electron chi connectivity index (χ2n) is 6.91. The van der Waals surface area contributed by atoms with Crippen LogP contribution in [0.25, 0.3) is 0 Å². The van der Waals surface area contributed by atoms with Crippen molar-refractivity contribution in [3.63, 3.8) is 0 Å². The van der Waals surface area contributed by atoms with Crippen molar-refractivity contribution in [2.75, 3.05) is 39.3 Å². The smallest absolute Gasteiger partial charge is 0.228 e. The van der Waals surface area contributed by atoms with Gasteiger partial charge < -0.3 is 15.1 Å². The quantitative estimate of drug-likeness (QED) is 0.770. The minimum atomic E-state index is -0.334. The molecule has 20 heavy (non-hydrogen) atoms. The third-order valence-electron chi connectivity index (χ3n) is 4.17. The Morgan fingerprint density at radius 2 is 1.65 bits per heavy atom. The van der Waals surface area contributed by atoms with E-state index in [4.69, 9.17) is 0 Å². The molecular weight excluding hydrogens is 254 g/mol. The summed E-state index contributed by atoms with van der Waals surface area (Å²) in [6, 6.07) is 0. The van der Waals surface area contributed by atoms with Gasteiger partial charge in [-0.3, -0.25) is 9.59 Å². The summed E-state index contributed by atoms with van der Waals surface area (Å²) in [6.45, 7) is 10.4. The number of nitrogens with zero attached hydrogens (tertiary/aromatic N) is 2. The van der Waals surface area contributed by atoms with E-state index < -0.39 is 0 Å².